The van der Waals surface area contributed by atoms with Gasteiger partial charge in [0, 0.05) is 29.9 Å². The summed E-state index contributed by atoms with van der Waals surface area (Å²) in [6.07, 6.45) is -3.34. The quantitative estimate of drug-likeness (QED) is 0.680. The molecule has 0 saturated heterocycles. The molecule has 1 aromatic heterocycles. The molecule has 1 heterocycles. The van der Waals surface area contributed by atoms with Gasteiger partial charge >= 0.3 is 6.36 Å². The van der Waals surface area contributed by atoms with Crippen LogP contribution in [0.1, 0.15) is 11.1 Å². The van der Waals surface area contributed by atoms with Crippen LogP contribution >= 0.6 is 0 Å². The van der Waals surface area contributed by atoms with Gasteiger partial charge in [-0.3, -0.25) is 0 Å². The van der Waals surface area contributed by atoms with E-state index in [1.54, 1.807) is 18.2 Å². The molecule has 3 aromatic rings. The Morgan fingerprint density at radius 3 is 2.33 bits per heavy atom. The van der Waals surface area contributed by atoms with Gasteiger partial charge in [-0.05, 0) is 29.3 Å². The molecular weight excluding hydrogens is 357 g/mol. The monoisotopic (exact) mass is 374 g/mol. The predicted octanol–water partition coefficient (Wildman–Crippen LogP) is 4.68. The summed E-state index contributed by atoms with van der Waals surface area (Å²) in [5, 5.41) is 0. The first-order valence-electron chi connectivity index (χ1n) is 8.16. The van der Waals surface area contributed by atoms with Gasteiger partial charge in [0.25, 0.3) is 0 Å². The highest BCUT2D eigenvalue weighted by molar-refractivity contribution is 5.70. The lowest BCUT2D eigenvalue weighted by molar-refractivity contribution is -0.274. The number of nitrogens with two attached hydrogens (primary N) is 1. The summed E-state index contributed by atoms with van der Waals surface area (Å²) >= 11 is 0. The summed E-state index contributed by atoms with van der Waals surface area (Å²) in [5.74, 6) is 0.0651. The summed E-state index contributed by atoms with van der Waals surface area (Å²) in [6.45, 7) is 0.545. The molecule has 4 nitrogen and oxygen atoms in total. The SMILES string of the molecule is NCc1ccc(OC(F)(F)F)c(-c2ccc(OCc3ccccc3)nc2)c1. The molecule has 0 spiro atoms. The Labute approximate surface area is 154 Å². The first kappa shape index (κ1) is 18.7. The van der Waals surface area contributed by atoms with Gasteiger partial charge in [0.05, 0.1) is 0 Å². The number of pyridine rings is 1. The second-order valence-electron chi connectivity index (χ2n) is 5.74. The van der Waals surface area contributed by atoms with Crippen LogP contribution in [0.4, 0.5) is 13.2 Å². The Hall–Kier alpha value is -3.06. The van der Waals surface area contributed by atoms with E-state index in [0.717, 1.165) is 5.56 Å². The second-order valence-corrected chi connectivity index (χ2v) is 5.74. The van der Waals surface area contributed by atoms with Crippen LogP contribution < -0.4 is 15.2 Å². The van der Waals surface area contributed by atoms with Gasteiger partial charge in [-0.15, -0.1) is 13.2 Å². The van der Waals surface area contributed by atoms with Gasteiger partial charge in [0.15, 0.2) is 0 Å². The molecule has 0 bridgehead atoms. The fourth-order valence-corrected chi connectivity index (χ4v) is 2.50. The molecule has 7 heteroatoms. The number of benzene rings is 2. The van der Waals surface area contributed by atoms with E-state index < -0.39 is 6.36 Å². The first-order valence-corrected chi connectivity index (χ1v) is 8.16. The molecule has 140 valence electrons. The molecule has 2 N–H and O–H groups in total. The van der Waals surface area contributed by atoms with Crippen LogP contribution in [0.5, 0.6) is 11.6 Å². The number of hydrogen-bond acceptors (Lipinski definition) is 4. The number of ether oxygens (including phenoxy) is 2. The normalized spacial score (nSPS) is 11.3. The zero-order valence-corrected chi connectivity index (χ0v) is 14.2. The van der Waals surface area contributed by atoms with Crippen LogP contribution in [-0.4, -0.2) is 11.3 Å². The van der Waals surface area contributed by atoms with Gasteiger partial charge < -0.3 is 15.2 Å². The molecule has 27 heavy (non-hydrogen) atoms. The summed E-state index contributed by atoms with van der Waals surface area (Å²) in [6, 6.07) is 17.1. The highest BCUT2D eigenvalue weighted by atomic mass is 19.4. The van der Waals surface area contributed by atoms with Crippen LogP contribution in [0.3, 0.4) is 0 Å². The van der Waals surface area contributed by atoms with Crippen molar-refractivity contribution in [1.29, 1.82) is 0 Å². The highest BCUT2D eigenvalue weighted by Gasteiger charge is 2.32. The topological polar surface area (TPSA) is 57.4 Å². The van der Waals surface area contributed by atoms with Gasteiger partial charge in [-0.2, -0.15) is 0 Å². The number of nitrogens with zero attached hydrogens (tertiary/aromatic N) is 1. The van der Waals surface area contributed by atoms with Crippen LogP contribution in [0.25, 0.3) is 11.1 Å². The van der Waals surface area contributed by atoms with Crippen molar-refractivity contribution in [2.45, 2.75) is 19.5 Å². The van der Waals surface area contributed by atoms with Crippen LogP contribution in [-0.2, 0) is 13.2 Å². The molecule has 0 aliphatic heterocycles. The van der Waals surface area contributed by atoms with Crippen LogP contribution in [0.15, 0.2) is 66.9 Å². The maximum atomic E-state index is 12.7. The minimum atomic E-state index is -4.79. The van der Waals surface area contributed by atoms with Gasteiger partial charge in [0.2, 0.25) is 5.88 Å². The molecule has 0 atom stereocenters. The highest BCUT2D eigenvalue weighted by Crippen LogP contribution is 2.34. The third-order valence-electron chi connectivity index (χ3n) is 3.78. The van der Waals surface area contributed by atoms with Gasteiger partial charge in [-0.25, -0.2) is 4.98 Å². The van der Waals surface area contributed by atoms with E-state index in [4.69, 9.17) is 10.5 Å². The smallest absolute Gasteiger partial charge is 0.473 e. The third kappa shape index (κ3) is 5.21. The Bertz CT molecular complexity index is 882. The fourth-order valence-electron chi connectivity index (χ4n) is 2.50. The van der Waals surface area contributed by atoms with Crippen molar-refractivity contribution in [1.82, 2.24) is 4.98 Å². The average Bonchev–Trinajstić information content (AvgIpc) is 2.67. The van der Waals surface area contributed by atoms with Crippen molar-refractivity contribution in [3.63, 3.8) is 0 Å². The van der Waals surface area contributed by atoms with E-state index in [1.807, 2.05) is 30.3 Å². The molecule has 0 radical (unpaired) electrons. The molecule has 3 rings (SSSR count). The van der Waals surface area contributed by atoms with Crippen LogP contribution in [0.2, 0.25) is 0 Å². The van der Waals surface area contributed by atoms with Crippen molar-refractivity contribution >= 4 is 0 Å². The molecule has 0 saturated carbocycles. The van der Waals surface area contributed by atoms with Gasteiger partial charge in [0.1, 0.15) is 12.4 Å². The van der Waals surface area contributed by atoms with Crippen molar-refractivity contribution in [3.05, 3.63) is 78.0 Å². The Kier molecular flexibility index (Phi) is 5.61. The van der Waals surface area contributed by atoms with E-state index in [0.29, 0.717) is 23.6 Å². The molecule has 0 fully saturated rings. The lowest BCUT2D eigenvalue weighted by atomic mass is 10.0. The maximum absolute atomic E-state index is 12.7. The van der Waals surface area contributed by atoms with Crippen molar-refractivity contribution in [2.75, 3.05) is 0 Å². The van der Waals surface area contributed by atoms with Crippen molar-refractivity contribution in [3.8, 4) is 22.8 Å². The Balaban J connectivity index is 1.81. The van der Waals surface area contributed by atoms with E-state index in [2.05, 4.69) is 9.72 Å². The predicted molar refractivity (Wildman–Crippen MR) is 95.0 cm³/mol. The van der Waals surface area contributed by atoms with Crippen molar-refractivity contribution in [2.24, 2.45) is 5.73 Å². The molecule has 0 aliphatic carbocycles. The number of aromatic nitrogens is 1. The minimum absolute atomic E-state index is 0.199. The molecular formula is C20H17F3N2O2. The van der Waals surface area contributed by atoms with E-state index in [9.17, 15) is 13.2 Å². The largest absolute Gasteiger partial charge is 0.573 e. The summed E-state index contributed by atoms with van der Waals surface area (Å²) in [7, 11) is 0. The van der Waals surface area contributed by atoms with Gasteiger partial charge in [-0.1, -0.05) is 36.4 Å². The number of hydrogen-bond donors (Lipinski definition) is 1. The average molecular weight is 374 g/mol. The number of rotatable bonds is 6. The molecule has 2 aromatic carbocycles. The van der Waals surface area contributed by atoms with E-state index in [1.165, 1.54) is 18.3 Å². The zero-order valence-electron chi connectivity index (χ0n) is 14.2. The molecule has 0 unspecified atom stereocenters. The summed E-state index contributed by atoms with van der Waals surface area (Å²) in [4.78, 5) is 4.17. The Morgan fingerprint density at radius 1 is 0.926 bits per heavy atom. The molecule has 0 aliphatic rings. The zero-order chi connectivity index (χ0) is 19.3. The van der Waals surface area contributed by atoms with E-state index in [-0.39, 0.29) is 17.9 Å². The first-order chi connectivity index (χ1) is 12.9. The fraction of sp³-hybridized carbons (Fsp3) is 0.150. The van der Waals surface area contributed by atoms with E-state index >= 15 is 0 Å². The lowest BCUT2D eigenvalue weighted by Gasteiger charge is -2.14. The Morgan fingerprint density at radius 2 is 1.70 bits per heavy atom. The summed E-state index contributed by atoms with van der Waals surface area (Å²) < 4.78 is 47.7. The number of alkyl halides is 3. The van der Waals surface area contributed by atoms with Crippen molar-refractivity contribution < 1.29 is 22.6 Å². The lowest BCUT2D eigenvalue weighted by Crippen LogP contribution is -2.17. The van der Waals surface area contributed by atoms with Crippen LogP contribution in [0, 0.1) is 0 Å². The second kappa shape index (κ2) is 8.09. The number of halogens is 3. The summed E-state index contributed by atoms with van der Waals surface area (Å²) in [5.41, 5.74) is 8.00. The minimum Gasteiger partial charge on any atom is -0.473 e. The maximum Gasteiger partial charge on any atom is 0.573 e. The standard InChI is InChI=1S/C20H17F3N2O2/c21-20(22,23)27-18-8-6-15(11-24)10-17(18)16-7-9-19(25-12-16)26-13-14-4-2-1-3-5-14/h1-10,12H,11,13,24H2. The molecule has 0 amide bonds. The third-order valence-corrected chi connectivity index (χ3v) is 3.78.